The lowest BCUT2D eigenvalue weighted by Crippen LogP contribution is -2.37. The predicted octanol–water partition coefficient (Wildman–Crippen LogP) is 5.31. The molecule has 3 atom stereocenters. The largest absolute Gasteiger partial charge is 0.274 e. The van der Waals surface area contributed by atoms with Crippen LogP contribution in [0.1, 0.15) is 11.6 Å². The zero-order valence-electron chi connectivity index (χ0n) is 19.5. The lowest BCUT2D eigenvalue weighted by atomic mass is 9.89. The molecule has 0 bridgehead atoms. The van der Waals surface area contributed by atoms with Crippen molar-refractivity contribution in [2.24, 2.45) is 5.92 Å². The van der Waals surface area contributed by atoms with Gasteiger partial charge in [-0.2, -0.15) is 0 Å². The highest BCUT2D eigenvalue weighted by Gasteiger charge is 2.61. The van der Waals surface area contributed by atoms with Gasteiger partial charge in [-0.1, -0.05) is 72.8 Å². The van der Waals surface area contributed by atoms with Gasteiger partial charge in [0.1, 0.15) is 12.0 Å². The van der Waals surface area contributed by atoms with Crippen molar-refractivity contribution in [3.63, 3.8) is 0 Å². The van der Waals surface area contributed by atoms with Gasteiger partial charge in [0.25, 0.3) is 11.6 Å². The molecule has 0 radical (unpaired) electrons. The van der Waals surface area contributed by atoms with Crippen molar-refractivity contribution in [3.05, 3.63) is 125 Å². The van der Waals surface area contributed by atoms with E-state index in [1.54, 1.807) is 60.7 Å². The minimum Gasteiger partial charge on any atom is -0.273 e. The molecule has 2 amide bonds. The van der Waals surface area contributed by atoms with Crippen LogP contribution in [0.25, 0.3) is 11.1 Å². The van der Waals surface area contributed by atoms with Crippen LogP contribution in [0.15, 0.2) is 109 Å². The second-order valence-corrected chi connectivity index (χ2v) is 8.90. The van der Waals surface area contributed by atoms with E-state index in [1.165, 1.54) is 11.1 Å². The Morgan fingerprint density at radius 3 is 2.05 bits per heavy atom. The van der Waals surface area contributed by atoms with Gasteiger partial charge < -0.3 is 0 Å². The van der Waals surface area contributed by atoms with Crippen molar-refractivity contribution in [1.82, 2.24) is 0 Å². The van der Waals surface area contributed by atoms with E-state index in [0.29, 0.717) is 16.9 Å². The third kappa shape index (κ3) is 3.75. The first kappa shape index (κ1) is 22.6. The Kier molecular flexibility index (Phi) is 5.50. The van der Waals surface area contributed by atoms with Crippen LogP contribution in [-0.2, 0) is 14.4 Å². The summed E-state index contributed by atoms with van der Waals surface area (Å²) in [6.07, 6.45) is -1.11. The second-order valence-electron chi connectivity index (χ2n) is 8.90. The van der Waals surface area contributed by atoms with Crippen LogP contribution in [0.2, 0.25) is 0 Å². The smallest absolute Gasteiger partial charge is 0.273 e. The fourth-order valence-electron chi connectivity index (χ4n) is 5.14. The van der Waals surface area contributed by atoms with Crippen LogP contribution >= 0.6 is 0 Å². The summed E-state index contributed by atoms with van der Waals surface area (Å²) in [6, 6.07) is 31.2. The van der Waals surface area contributed by atoms with Gasteiger partial charge in [-0.3, -0.25) is 24.5 Å². The summed E-state index contributed by atoms with van der Waals surface area (Å²) in [4.78, 5) is 46.2. The normalized spacial score (nSPS) is 20.8. The topological polar surface area (TPSA) is 93.0 Å². The first-order chi connectivity index (χ1) is 18.0. The number of hydrogen-bond acceptors (Lipinski definition) is 6. The Bertz CT molecular complexity index is 1510. The summed E-state index contributed by atoms with van der Waals surface area (Å²) >= 11 is 0. The fourth-order valence-corrected chi connectivity index (χ4v) is 5.14. The maximum Gasteiger partial charge on any atom is 0.274 e. The summed E-state index contributed by atoms with van der Waals surface area (Å²) in [5, 5.41) is 13.4. The highest BCUT2D eigenvalue weighted by molar-refractivity contribution is 6.24. The average molecular weight is 492 g/mol. The summed E-state index contributed by atoms with van der Waals surface area (Å²) in [5.41, 5.74) is 3.01. The predicted molar refractivity (Wildman–Crippen MR) is 137 cm³/mol. The molecule has 0 unspecified atom stereocenters. The van der Waals surface area contributed by atoms with Crippen LogP contribution in [0.4, 0.5) is 17.1 Å². The van der Waals surface area contributed by atoms with Gasteiger partial charge in [0.05, 0.1) is 21.9 Å². The summed E-state index contributed by atoms with van der Waals surface area (Å²) in [5.74, 6) is -1.92. The molecule has 2 aliphatic rings. The summed E-state index contributed by atoms with van der Waals surface area (Å²) in [6.45, 7) is 0. The number of nitro groups is 1. The fraction of sp³-hybridized carbons (Fsp3) is 0.103. The Hall–Kier alpha value is -4.82. The molecule has 2 saturated heterocycles. The quantitative estimate of drug-likeness (QED) is 0.213. The van der Waals surface area contributed by atoms with Crippen molar-refractivity contribution >= 4 is 28.9 Å². The molecule has 182 valence electrons. The minimum absolute atomic E-state index is 0.137. The molecule has 4 aromatic rings. The van der Waals surface area contributed by atoms with Crippen molar-refractivity contribution in [3.8, 4) is 11.1 Å². The van der Waals surface area contributed by atoms with Crippen molar-refractivity contribution in [2.45, 2.75) is 12.1 Å². The number of carbonyl (C=O) groups is 2. The molecular weight excluding hydrogens is 470 g/mol. The van der Waals surface area contributed by atoms with Gasteiger partial charge in [0, 0.05) is 6.07 Å². The standard InChI is InChI=1S/C29H21N3O5/c33-28-25-26(23-16-7-8-17-24(23)32(35)36)31(21-13-5-2-6-14-21)37-27(25)29(34)30(28)22-15-9-12-20(18-22)19-10-3-1-4-11-19/h1-18,25-27H/t25-,26+,27-/m1/s1. The number of nitro benzene ring substituents is 1. The highest BCUT2D eigenvalue weighted by Crippen LogP contribution is 2.49. The number of anilines is 2. The number of imide groups is 1. The number of carbonyl (C=O) groups excluding carboxylic acids is 2. The summed E-state index contributed by atoms with van der Waals surface area (Å²) in [7, 11) is 0. The SMILES string of the molecule is O=C1[C@H]2[C@@H](ON(c3ccccc3)[C@H]2c2ccccc2[N+](=O)[O-])C(=O)N1c1cccc(-c2ccccc2)c1. The molecule has 2 fully saturated rings. The van der Waals surface area contributed by atoms with Gasteiger partial charge in [-0.25, -0.2) is 9.96 Å². The Morgan fingerprint density at radius 1 is 0.703 bits per heavy atom. The van der Waals surface area contributed by atoms with Gasteiger partial charge >= 0.3 is 0 Å². The molecular formula is C29H21N3O5. The molecule has 8 heteroatoms. The molecule has 0 saturated carbocycles. The van der Waals surface area contributed by atoms with Gasteiger partial charge in [-0.15, -0.1) is 0 Å². The second kappa shape index (κ2) is 9.00. The number of hydroxylamine groups is 1. The van der Waals surface area contributed by atoms with E-state index in [2.05, 4.69) is 0 Å². The average Bonchev–Trinajstić information content (AvgIpc) is 3.45. The molecule has 4 aromatic carbocycles. The molecule has 8 nitrogen and oxygen atoms in total. The number of hydrogen-bond donors (Lipinski definition) is 0. The Balaban J connectivity index is 1.44. The van der Waals surface area contributed by atoms with Gasteiger partial charge in [0.15, 0.2) is 6.10 Å². The van der Waals surface area contributed by atoms with E-state index in [4.69, 9.17) is 4.84 Å². The number of amides is 2. The van der Waals surface area contributed by atoms with E-state index in [-0.39, 0.29) is 5.69 Å². The number of rotatable bonds is 5. The van der Waals surface area contributed by atoms with E-state index in [0.717, 1.165) is 16.0 Å². The lowest BCUT2D eigenvalue weighted by Gasteiger charge is -2.28. The van der Waals surface area contributed by atoms with Crippen molar-refractivity contribution in [1.29, 1.82) is 0 Å². The van der Waals surface area contributed by atoms with Crippen molar-refractivity contribution < 1.29 is 19.3 Å². The maximum absolute atomic E-state index is 13.9. The molecule has 0 N–H and O–H groups in total. The molecule has 37 heavy (non-hydrogen) atoms. The van der Waals surface area contributed by atoms with Crippen LogP contribution < -0.4 is 9.96 Å². The van der Waals surface area contributed by atoms with Crippen molar-refractivity contribution in [2.75, 3.05) is 9.96 Å². The zero-order chi connectivity index (χ0) is 25.5. The number of nitrogens with zero attached hydrogens (tertiary/aromatic N) is 3. The first-order valence-corrected chi connectivity index (χ1v) is 11.8. The van der Waals surface area contributed by atoms with E-state index in [1.807, 2.05) is 42.5 Å². The van der Waals surface area contributed by atoms with Crippen LogP contribution in [0.3, 0.4) is 0 Å². The monoisotopic (exact) mass is 491 g/mol. The van der Waals surface area contributed by atoms with E-state index >= 15 is 0 Å². The zero-order valence-corrected chi connectivity index (χ0v) is 19.5. The third-order valence-corrected chi connectivity index (χ3v) is 6.79. The molecule has 0 spiro atoms. The van der Waals surface area contributed by atoms with Crippen LogP contribution in [-0.4, -0.2) is 22.8 Å². The van der Waals surface area contributed by atoms with Crippen LogP contribution in [0, 0.1) is 16.0 Å². The summed E-state index contributed by atoms with van der Waals surface area (Å²) < 4.78 is 0. The molecule has 0 aliphatic carbocycles. The molecule has 2 heterocycles. The van der Waals surface area contributed by atoms with E-state index in [9.17, 15) is 19.7 Å². The molecule has 0 aromatic heterocycles. The van der Waals surface area contributed by atoms with E-state index < -0.39 is 34.8 Å². The van der Waals surface area contributed by atoms with Gasteiger partial charge in [-0.05, 0) is 41.5 Å². The Morgan fingerprint density at radius 2 is 1.32 bits per heavy atom. The Labute approximate surface area is 212 Å². The first-order valence-electron chi connectivity index (χ1n) is 11.8. The molecule has 2 aliphatic heterocycles. The number of para-hydroxylation sites is 2. The van der Waals surface area contributed by atoms with Crippen LogP contribution in [0.5, 0.6) is 0 Å². The highest BCUT2D eigenvalue weighted by atomic mass is 16.7. The minimum atomic E-state index is -1.11. The molecule has 6 rings (SSSR count). The number of fused-ring (bicyclic) bond motifs is 1. The number of benzene rings is 4. The van der Waals surface area contributed by atoms with Gasteiger partial charge in [0.2, 0.25) is 5.91 Å². The lowest BCUT2D eigenvalue weighted by molar-refractivity contribution is -0.385. The maximum atomic E-state index is 13.9. The third-order valence-electron chi connectivity index (χ3n) is 6.79.